The predicted octanol–water partition coefficient (Wildman–Crippen LogP) is 1.30. The number of amides is 1. The smallest absolute Gasteiger partial charge is 0.256 e. The fourth-order valence-electron chi connectivity index (χ4n) is 1.74. The third-order valence-electron chi connectivity index (χ3n) is 2.69. The van der Waals surface area contributed by atoms with Gasteiger partial charge in [-0.2, -0.15) is 4.73 Å². The lowest BCUT2D eigenvalue weighted by atomic mass is 10.2. The SMILES string of the molecule is O=C(Nc1ccc2c(c1)OCO2)c1cc[n+]([O-])cc1. The van der Waals surface area contributed by atoms with E-state index in [4.69, 9.17) is 9.47 Å². The van der Waals surface area contributed by atoms with Gasteiger partial charge in [-0.3, -0.25) is 4.79 Å². The molecule has 2 aromatic rings. The molecule has 1 aliphatic heterocycles. The van der Waals surface area contributed by atoms with Crippen LogP contribution in [0.4, 0.5) is 5.69 Å². The lowest BCUT2D eigenvalue weighted by Crippen LogP contribution is -2.25. The summed E-state index contributed by atoms with van der Waals surface area (Å²) >= 11 is 0. The minimum Gasteiger partial charge on any atom is -0.619 e. The summed E-state index contributed by atoms with van der Waals surface area (Å²) in [6.07, 6.45) is 2.54. The Balaban J connectivity index is 1.77. The van der Waals surface area contributed by atoms with Crippen molar-refractivity contribution in [2.24, 2.45) is 0 Å². The zero-order valence-corrected chi connectivity index (χ0v) is 9.83. The molecule has 0 saturated heterocycles. The monoisotopic (exact) mass is 258 g/mol. The molecule has 1 N–H and O–H groups in total. The second-order valence-corrected chi connectivity index (χ2v) is 3.97. The van der Waals surface area contributed by atoms with Crippen LogP contribution < -0.4 is 19.5 Å². The van der Waals surface area contributed by atoms with E-state index in [-0.39, 0.29) is 12.7 Å². The number of pyridine rings is 1. The van der Waals surface area contributed by atoms with Crippen molar-refractivity contribution in [2.75, 3.05) is 12.1 Å². The lowest BCUT2D eigenvalue weighted by Gasteiger charge is -2.06. The molecule has 0 unspecified atom stereocenters. The maximum Gasteiger partial charge on any atom is 0.256 e. The number of nitrogens with zero attached hydrogens (tertiary/aromatic N) is 1. The van der Waals surface area contributed by atoms with Crippen LogP contribution in [-0.4, -0.2) is 12.7 Å². The van der Waals surface area contributed by atoms with Gasteiger partial charge >= 0.3 is 0 Å². The molecule has 0 fully saturated rings. The van der Waals surface area contributed by atoms with Gasteiger partial charge in [0.05, 0.1) is 5.56 Å². The van der Waals surface area contributed by atoms with Crippen molar-refractivity contribution in [3.8, 4) is 11.5 Å². The normalized spacial score (nSPS) is 12.2. The van der Waals surface area contributed by atoms with E-state index in [1.54, 1.807) is 18.2 Å². The third-order valence-corrected chi connectivity index (χ3v) is 2.69. The average Bonchev–Trinajstić information content (AvgIpc) is 2.87. The number of fused-ring (bicyclic) bond motifs is 1. The molecule has 1 aromatic heterocycles. The molecule has 1 amide bonds. The molecule has 96 valence electrons. The first kappa shape index (κ1) is 11.3. The van der Waals surface area contributed by atoms with Gasteiger partial charge in [0, 0.05) is 23.9 Å². The third kappa shape index (κ3) is 2.28. The van der Waals surface area contributed by atoms with E-state index in [2.05, 4.69) is 5.32 Å². The summed E-state index contributed by atoms with van der Waals surface area (Å²) in [7, 11) is 0. The van der Waals surface area contributed by atoms with E-state index in [1.165, 1.54) is 24.5 Å². The number of carbonyl (C=O) groups is 1. The van der Waals surface area contributed by atoms with E-state index in [9.17, 15) is 10.0 Å². The molecule has 0 saturated carbocycles. The minimum absolute atomic E-state index is 0.189. The standard InChI is InChI=1S/C13H10N2O4/c16-13(9-3-5-15(17)6-4-9)14-10-1-2-11-12(7-10)19-8-18-11/h1-7H,8H2,(H,14,16). The Kier molecular flexibility index (Phi) is 2.68. The van der Waals surface area contributed by atoms with Gasteiger partial charge in [0.15, 0.2) is 23.9 Å². The molecular formula is C13H10N2O4. The van der Waals surface area contributed by atoms with E-state index in [1.807, 2.05) is 0 Å². The molecule has 0 radical (unpaired) electrons. The largest absolute Gasteiger partial charge is 0.619 e. The Hall–Kier alpha value is -2.76. The lowest BCUT2D eigenvalue weighted by molar-refractivity contribution is -0.605. The maximum atomic E-state index is 11.9. The first-order valence-corrected chi connectivity index (χ1v) is 5.62. The van der Waals surface area contributed by atoms with Crippen molar-refractivity contribution in [1.82, 2.24) is 0 Å². The Morgan fingerprint density at radius 1 is 1.16 bits per heavy atom. The number of carbonyl (C=O) groups excluding carboxylic acids is 1. The van der Waals surface area contributed by atoms with Gasteiger partial charge in [0.1, 0.15) is 0 Å². The second kappa shape index (κ2) is 4.49. The predicted molar refractivity (Wildman–Crippen MR) is 65.9 cm³/mol. The number of benzene rings is 1. The molecule has 1 aromatic carbocycles. The average molecular weight is 258 g/mol. The van der Waals surface area contributed by atoms with Crippen LogP contribution in [0.1, 0.15) is 10.4 Å². The Morgan fingerprint density at radius 3 is 2.68 bits per heavy atom. The number of nitrogens with one attached hydrogen (secondary N) is 1. The van der Waals surface area contributed by atoms with Gasteiger partial charge in [0.25, 0.3) is 5.91 Å². The van der Waals surface area contributed by atoms with Crippen molar-refractivity contribution in [3.05, 3.63) is 53.5 Å². The van der Waals surface area contributed by atoms with E-state index < -0.39 is 0 Å². The minimum atomic E-state index is -0.292. The van der Waals surface area contributed by atoms with E-state index >= 15 is 0 Å². The number of anilines is 1. The van der Waals surface area contributed by atoms with Crippen LogP contribution in [0.15, 0.2) is 42.7 Å². The van der Waals surface area contributed by atoms with Gasteiger partial charge in [0.2, 0.25) is 6.79 Å². The first-order valence-electron chi connectivity index (χ1n) is 5.62. The highest BCUT2D eigenvalue weighted by Crippen LogP contribution is 2.34. The van der Waals surface area contributed by atoms with Gasteiger partial charge in [-0.1, -0.05) is 0 Å². The van der Waals surface area contributed by atoms with Crippen LogP contribution >= 0.6 is 0 Å². The summed E-state index contributed by atoms with van der Waals surface area (Å²) in [5, 5.41) is 13.6. The number of rotatable bonds is 2. The van der Waals surface area contributed by atoms with Gasteiger partial charge in [-0.15, -0.1) is 0 Å². The summed E-state index contributed by atoms with van der Waals surface area (Å²) in [5.74, 6) is 0.966. The van der Waals surface area contributed by atoms with Crippen LogP contribution in [0, 0.1) is 5.21 Å². The molecule has 6 nitrogen and oxygen atoms in total. The van der Waals surface area contributed by atoms with Gasteiger partial charge in [-0.25, -0.2) is 0 Å². The summed E-state index contributed by atoms with van der Waals surface area (Å²) in [6.45, 7) is 0.189. The zero-order valence-electron chi connectivity index (χ0n) is 9.83. The molecule has 0 bridgehead atoms. The maximum absolute atomic E-state index is 11.9. The molecule has 2 heterocycles. The quantitative estimate of drug-likeness (QED) is 0.650. The van der Waals surface area contributed by atoms with Crippen LogP contribution in [0.3, 0.4) is 0 Å². The zero-order chi connectivity index (χ0) is 13.2. The number of ether oxygens (including phenoxy) is 2. The molecule has 1 aliphatic rings. The number of aromatic nitrogens is 1. The van der Waals surface area contributed by atoms with Crippen LogP contribution in [0.5, 0.6) is 11.5 Å². The van der Waals surface area contributed by atoms with Crippen LogP contribution in [0.25, 0.3) is 0 Å². The molecule has 6 heteroatoms. The topological polar surface area (TPSA) is 74.5 Å². The van der Waals surface area contributed by atoms with Gasteiger partial charge in [-0.05, 0) is 12.1 Å². The van der Waals surface area contributed by atoms with Crippen LogP contribution in [0.2, 0.25) is 0 Å². The summed E-state index contributed by atoms with van der Waals surface area (Å²) in [5.41, 5.74) is 1.01. The highest BCUT2D eigenvalue weighted by molar-refractivity contribution is 6.04. The van der Waals surface area contributed by atoms with E-state index in [0.29, 0.717) is 27.5 Å². The van der Waals surface area contributed by atoms with Crippen molar-refractivity contribution < 1.29 is 19.0 Å². The molecule has 0 atom stereocenters. The first-order chi connectivity index (χ1) is 9.22. The van der Waals surface area contributed by atoms with Crippen molar-refractivity contribution >= 4 is 11.6 Å². The molecule has 3 rings (SSSR count). The van der Waals surface area contributed by atoms with Crippen molar-refractivity contribution in [1.29, 1.82) is 0 Å². The number of hydrogen-bond donors (Lipinski definition) is 1. The highest BCUT2D eigenvalue weighted by atomic mass is 16.7. The Labute approximate surface area is 108 Å². The second-order valence-electron chi connectivity index (χ2n) is 3.97. The Bertz CT molecular complexity index is 625. The summed E-state index contributed by atoms with van der Waals surface area (Å²) in [4.78, 5) is 11.9. The molecular weight excluding hydrogens is 248 g/mol. The van der Waals surface area contributed by atoms with Crippen molar-refractivity contribution in [2.45, 2.75) is 0 Å². The van der Waals surface area contributed by atoms with Gasteiger partial charge < -0.3 is 20.0 Å². The molecule has 0 spiro atoms. The number of hydrogen-bond acceptors (Lipinski definition) is 4. The summed E-state index contributed by atoms with van der Waals surface area (Å²) in [6, 6.07) is 8.05. The Morgan fingerprint density at radius 2 is 1.89 bits per heavy atom. The molecule has 19 heavy (non-hydrogen) atoms. The molecule has 0 aliphatic carbocycles. The van der Waals surface area contributed by atoms with E-state index in [0.717, 1.165) is 0 Å². The summed E-state index contributed by atoms with van der Waals surface area (Å²) < 4.78 is 11.0. The fraction of sp³-hybridized carbons (Fsp3) is 0.0769. The highest BCUT2D eigenvalue weighted by Gasteiger charge is 2.14. The fourth-order valence-corrected chi connectivity index (χ4v) is 1.74. The van der Waals surface area contributed by atoms with Crippen molar-refractivity contribution in [3.63, 3.8) is 0 Å². The van der Waals surface area contributed by atoms with Crippen LogP contribution in [-0.2, 0) is 0 Å².